The summed E-state index contributed by atoms with van der Waals surface area (Å²) in [5, 5.41) is 6.70. The predicted molar refractivity (Wildman–Crippen MR) is 81.4 cm³/mol. The molecular weight excluding hydrogens is 298 g/mol. The average molecular weight is 321 g/mol. The lowest BCUT2D eigenvalue weighted by Gasteiger charge is -2.39. The van der Waals surface area contributed by atoms with Gasteiger partial charge in [-0.1, -0.05) is 5.16 Å². The van der Waals surface area contributed by atoms with Crippen LogP contribution < -0.4 is 5.32 Å². The van der Waals surface area contributed by atoms with Crippen molar-refractivity contribution >= 4 is 11.9 Å². The summed E-state index contributed by atoms with van der Waals surface area (Å²) in [6.45, 7) is 8.07. The maximum absolute atomic E-state index is 12.6. The molecule has 2 saturated heterocycles. The van der Waals surface area contributed by atoms with Crippen molar-refractivity contribution in [2.45, 2.75) is 45.7 Å². The van der Waals surface area contributed by atoms with Crippen LogP contribution in [0.15, 0.2) is 4.52 Å². The number of amides is 3. The number of hydrogen-bond acceptors (Lipinski definition) is 6. The Morgan fingerprint density at radius 2 is 2.22 bits per heavy atom. The van der Waals surface area contributed by atoms with Gasteiger partial charge in [0.05, 0.1) is 6.54 Å². The normalized spacial score (nSPS) is 29.2. The van der Waals surface area contributed by atoms with E-state index in [2.05, 4.69) is 20.4 Å². The van der Waals surface area contributed by atoms with E-state index in [1.807, 2.05) is 13.8 Å². The molecule has 0 saturated carbocycles. The van der Waals surface area contributed by atoms with Crippen LogP contribution in [0.3, 0.4) is 0 Å². The lowest BCUT2D eigenvalue weighted by molar-refractivity contribution is -0.133. The summed E-state index contributed by atoms with van der Waals surface area (Å²) in [5.41, 5.74) is -0.823. The van der Waals surface area contributed by atoms with Gasteiger partial charge in [0.1, 0.15) is 5.54 Å². The van der Waals surface area contributed by atoms with Crippen LogP contribution in [-0.2, 0) is 11.3 Å². The van der Waals surface area contributed by atoms with Gasteiger partial charge in [0.15, 0.2) is 5.82 Å². The molecule has 2 atom stereocenters. The van der Waals surface area contributed by atoms with Gasteiger partial charge in [0.2, 0.25) is 5.89 Å². The first-order chi connectivity index (χ1) is 10.9. The van der Waals surface area contributed by atoms with Crippen molar-refractivity contribution in [1.29, 1.82) is 0 Å². The second-order valence-corrected chi connectivity index (χ2v) is 6.49. The number of rotatable bonds is 4. The Morgan fingerprint density at radius 1 is 1.43 bits per heavy atom. The number of nitrogens with one attached hydrogen (secondary N) is 1. The van der Waals surface area contributed by atoms with E-state index in [-0.39, 0.29) is 17.9 Å². The molecule has 3 rings (SSSR count). The maximum Gasteiger partial charge on any atom is 0.325 e. The molecule has 126 valence electrons. The summed E-state index contributed by atoms with van der Waals surface area (Å²) < 4.78 is 5.18. The van der Waals surface area contributed by atoms with Gasteiger partial charge in [0.25, 0.3) is 5.91 Å². The van der Waals surface area contributed by atoms with Gasteiger partial charge < -0.3 is 9.84 Å². The Balaban J connectivity index is 1.71. The Kier molecular flexibility index (Phi) is 4.09. The number of imide groups is 1. The number of hydrogen-bond donors (Lipinski definition) is 1. The SMILES string of the molecule is CCN1C(=O)N[C@@](C)([C@H]2CCCN(Cc3nc(C)no3)C2)C1=O. The van der Waals surface area contributed by atoms with E-state index in [4.69, 9.17) is 4.52 Å². The third-order valence-corrected chi connectivity index (χ3v) is 4.87. The standard InChI is InChI=1S/C15H23N5O3/c1-4-20-13(21)15(3,17-14(20)22)11-6-5-7-19(8-11)9-12-16-10(2)18-23-12/h11H,4-9H2,1-3H3,(H,17,22)/t11-,15-/m0/s1. The molecule has 0 bridgehead atoms. The molecule has 0 unspecified atom stereocenters. The molecule has 3 heterocycles. The molecule has 0 aromatic carbocycles. The second-order valence-electron chi connectivity index (χ2n) is 6.49. The summed E-state index contributed by atoms with van der Waals surface area (Å²) in [4.78, 5) is 32.3. The first-order valence-corrected chi connectivity index (χ1v) is 8.09. The highest BCUT2D eigenvalue weighted by Gasteiger charge is 2.52. The Bertz CT molecular complexity index is 616. The lowest BCUT2D eigenvalue weighted by atomic mass is 9.80. The molecule has 3 amide bonds. The van der Waals surface area contributed by atoms with E-state index >= 15 is 0 Å². The van der Waals surface area contributed by atoms with Crippen LogP contribution in [0.1, 0.15) is 38.4 Å². The molecule has 23 heavy (non-hydrogen) atoms. The minimum absolute atomic E-state index is 0.0771. The Morgan fingerprint density at radius 3 is 2.83 bits per heavy atom. The number of aryl methyl sites for hydroxylation is 1. The van der Waals surface area contributed by atoms with E-state index in [1.54, 1.807) is 6.92 Å². The number of urea groups is 1. The van der Waals surface area contributed by atoms with Gasteiger partial charge in [0, 0.05) is 19.0 Å². The van der Waals surface area contributed by atoms with Gasteiger partial charge in [-0.25, -0.2) is 4.79 Å². The first-order valence-electron chi connectivity index (χ1n) is 8.09. The fourth-order valence-electron chi connectivity index (χ4n) is 3.55. The van der Waals surface area contributed by atoms with Crippen LogP contribution in [-0.4, -0.2) is 57.1 Å². The Labute approximate surface area is 135 Å². The number of aromatic nitrogens is 2. The fourth-order valence-corrected chi connectivity index (χ4v) is 3.55. The average Bonchev–Trinajstić information content (AvgIpc) is 3.02. The molecule has 2 aliphatic rings. The molecule has 1 N–H and O–H groups in total. The lowest BCUT2D eigenvalue weighted by Crippen LogP contribution is -2.55. The molecule has 8 nitrogen and oxygen atoms in total. The van der Waals surface area contributed by atoms with E-state index in [0.29, 0.717) is 24.8 Å². The van der Waals surface area contributed by atoms with Crippen LogP contribution in [0.2, 0.25) is 0 Å². The van der Waals surface area contributed by atoms with Crippen molar-refractivity contribution in [2.24, 2.45) is 5.92 Å². The number of nitrogens with zero attached hydrogens (tertiary/aromatic N) is 4. The van der Waals surface area contributed by atoms with E-state index < -0.39 is 5.54 Å². The van der Waals surface area contributed by atoms with Gasteiger partial charge >= 0.3 is 6.03 Å². The molecule has 2 aliphatic heterocycles. The molecule has 0 aliphatic carbocycles. The van der Waals surface area contributed by atoms with Crippen molar-refractivity contribution < 1.29 is 14.1 Å². The van der Waals surface area contributed by atoms with E-state index in [1.165, 1.54) is 4.90 Å². The van der Waals surface area contributed by atoms with Gasteiger partial charge in [-0.2, -0.15) is 4.98 Å². The number of piperidine rings is 1. The molecule has 2 fully saturated rings. The van der Waals surface area contributed by atoms with Crippen molar-refractivity contribution in [3.63, 3.8) is 0 Å². The predicted octanol–water partition coefficient (Wildman–Crippen LogP) is 0.920. The zero-order valence-corrected chi connectivity index (χ0v) is 13.8. The molecular formula is C15H23N5O3. The van der Waals surface area contributed by atoms with Crippen LogP contribution in [0.5, 0.6) is 0 Å². The van der Waals surface area contributed by atoms with Crippen LogP contribution in [0, 0.1) is 12.8 Å². The van der Waals surface area contributed by atoms with Crippen molar-refractivity contribution in [3.8, 4) is 0 Å². The third kappa shape index (κ3) is 2.83. The van der Waals surface area contributed by atoms with Crippen LogP contribution in [0.4, 0.5) is 4.79 Å². The minimum Gasteiger partial charge on any atom is -0.338 e. The summed E-state index contributed by atoms with van der Waals surface area (Å²) >= 11 is 0. The highest BCUT2D eigenvalue weighted by atomic mass is 16.5. The topological polar surface area (TPSA) is 91.6 Å². The zero-order valence-electron chi connectivity index (χ0n) is 13.8. The zero-order chi connectivity index (χ0) is 16.6. The van der Waals surface area contributed by atoms with Crippen LogP contribution >= 0.6 is 0 Å². The maximum atomic E-state index is 12.6. The molecule has 0 spiro atoms. The summed E-state index contributed by atoms with van der Waals surface area (Å²) in [6, 6.07) is -0.287. The molecule has 0 radical (unpaired) electrons. The highest BCUT2D eigenvalue weighted by molar-refractivity contribution is 6.07. The third-order valence-electron chi connectivity index (χ3n) is 4.87. The molecule has 1 aromatic rings. The highest BCUT2D eigenvalue weighted by Crippen LogP contribution is 2.32. The summed E-state index contributed by atoms with van der Waals surface area (Å²) in [7, 11) is 0. The number of carbonyl (C=O) groups excluding carboxylic acids is 2. The fraction of sp³-hybridized carbons (Fsp3) is 0.733. The van der Waals surface area contributed by atoms with Crippen molar-refractivity contribution in [3.05, 3.63) is 11.7 Å². The quantitative estimate of drug-likeness (QED) is 0.829. The van der Waals surface area contributed by atoms with E-state index in [9.17, 15) is 9.59 Å². The first kappa shape index (κ1) is 15.9. The Hall–Kier alpha value is -1.96. The minimum atomic E-state index is -0.823. The molecule has 8 heteroatoms. The van der Waals surface area contributed by atoms with Crippen molar-refractivity contribution in [2.75, 3.05) is 19.6 Å². The molecule has 1 aromatic heterocycles. The number of likely N-dealkylation sites (tertiary alicyclic amines) is 1. The largest absolute Gasteiger partial charge is 0.338 e. The van der Waals surface area contributed by atoms with E-state index in [0.717, 1.165) is 25.9 Å². The van der Waals surface area contributed by atoms with Gasteiger partial charge in [-0.3, -0.25) is 14.6 Å². The van der Waals surface area contributed by atoms with Crippen LogP contribution in [0.25, 0.3) is 0 Å². The summed E-state index contributed by atoms with van der Waals surface area (Å²) in [5.74, 6) is 1.17. The number of likely N-dealkylation sites (N-methyl/N-ethyl adjacent to an activating group) is 1. The number of carbonyl (C=O) groups is 2. The second kappa shape index (κ2) is 5.92. The smallest absolute Gasteiger partial charge is 0.325 e. The van der Waals surface area contributed by atoms with Gasteiger partial charge in [-0.05, 0) is 40.2 Å². The monoisotopic (exact) mass is 321 g/mol. The summed E-state index contributed by atoms with van der Waals surface area (Å²) in [6.07, 6.45) is 1.89. The van der Waals surface area contributed by atoms with Gasteiger partial charge in [-0.15, -0.1) is 0 Å². The van der Waals surface area contributed by atoms with Crippen molar-refractivity contribution in [1.82, 2.24) is 25.3 Å².